The summed E-state index contributed by atoms with van der Waals surface area (Å²) in [5, 5.41) is 16.5. The molecule has 3 saturated heterocycles. The Bertz CT molecular complexity index is 2240. The number of likely N-dealkylation sites (tertiary alicyclic amines) is 1. The van der Waals surface area contributed by atoms with Crippen molar-refractivity contribution in [2.75, 3.05) is 44.2 Å². The summed E-state index contributed by atoms with van der Waals surface area (Å²) in [6.07, 6.45) is 11.5. The number of halogens is 2. The van der Waals surface area contributed by atoms with Crippen LogP contribution in [0.5, 0.6) is 11.8 Å². The van der Waals surface area contributed by atoms with Gasteiger partial charge >= 0.3 is 6.01 Å². The lowest BCUT2D eigenvalue weighted by Gasteiger charge is -2.34. The van der Waals surface area contributed by atoms with Gasteiger partial charge in [-0.1, -0.05) is 12.0 Å². The molecule has 10 heteroatoms. The number of aromatic nitrogens is 2. The average Bonchev–Trinajstić information content (AvgIpc) is 3.88. The number of phenolic OH excluding ortho intramolecular Hbond substituents is 1. The fourth-order valence-electron chi connectivity index (χ4n) is 9.05. The number of furan rings is 1. The van der Waals surface area contributed by atoms with Crippen LogP contribution in [-0.2, 0) is 0 Å². The SMILES string of the molecule is C#Cc1c(F)ccc2cc(O)cc(-c3c(F)c4nc(OCC5(CN6CC7CC7C6)CC5)nc(N5CC6CCC(C5)N6)c4c4cc(C)oc34)c12. The van der Waals surface area contributed by atoms with Crippen molar-refractivity contribution >= 4 is 38.5 Å². The molecule has 2 N–H and O–H groups in total. The Labute approximate surface area is 282 Å². The van der Waals surface area contributed by atoms with E-state index in [1.807, 2.05) is 13.0 Å². The highest BCUT2D eigenvalue weighted by Gasteiger charge is 2.51. The van der Waals surface area contributed by atoms with Gasteiger partial charge in [0.15, 0.2) is 5.82 Å². The fourth-order valence-corrected chi connectivity index (χ4v) is 9.05. The summed E-state index contributed by atoms with van der Waals surface area (Å²) in [6.45, 7) is 7.10. The molecule has 5 aliphatic rings. The van der Waals surface area contributed by atoms with E-state index in [-0.39, 0.29) is 45.0 Å². The molecule has 10 rings (SSSR count). The van der Waals surface area contributed by atoms with E-state index < -0.39 is 11.6 Å². The number of ether oxygens (including phenoxy) is 1. The van der Waals surface area contributed by atoms with Crippen molar-refractivity contribution in [1.82, 2.24) is 20.2 Å². The second-order valence-electron chi connectivity index (χ2n) is 15.3. The van der Waals surface area contributed by atoms with Crippen molar-refractivity contribution in [3.63, 3.8) is 0 Å². The van der Waals surface area contributed by atoms with Crippen LogP contribution in [0, 0.1) is 48.2 Å². The van der Waals surface area contributed by atoms with Crippen molar-refractivity contribution in [2.45, 2.75) is 51.1 Å². The molecule has 3 aliphatic heterocycles. The van der Waals surface area contributed by atoms with Crippen LogP contribution in [0.25, 0.3) is 43.8 Å². The Hall–Kier alpha value is -4.46. The Morgan fingerprint density at radius 2 is 1.84 bits per heavy atom. The summed E-state index contributed by atoms with van der Waals surface area (Å²) in [6, 6.07) is 8.34. The van der Waals surface area contributed by atoms with Crippen LogP contribution in [0.15, 0.2) is 34.7 Å². The first-order valence-electron chi connectivity index (χ1n) is 17.5. The molecule has 0 radical (unpaired) electrons. The lowest BCUT2D eigenvalue weighted by molar-refractivity contribution is 0.163. The minimum Gasteiger partial charge on any atom is -0.508 e. The topological polar surface area (TPSA) is 86.9 Å². The van der Waals surface area contributed by atoms with E-state index in [0.29, 0.717) is 51.8 Å². The number of anilines is 1. The zero-order valence-corrected chi connectivity index (χ0v) is 27.4. The molecule has 4 atom stereocenters. The quantitative estimate of drug-likeness (QED) is 0.191. The number of phenols is 1. The molecule has 0 amide bonds. The third kappa shape index (κ3) is 4.77. The molecule has 2 aliphatic carbocycles. The van der Waals surface area contributed by atoms with E-state index >= 15 is 8.78 Å². The van der Waals surface area contributed by atoms with Gasteiger partial charge in [-0.25, -0.2) is 8.78 Å². The van der Waals surface area contributed by atoms with Crippen molar-refractivity contribution < 1.29 is 23.0 Å². The van der Waals surface area contributed by atoms with E-state index in [0.717, 1.165) is 57.2 Å². The zero-order chi connectivity index (χ0) is 33.2. The third-order valence-electron chi connectivity index (χ3n) is 11.7. The maximum Gasteiger partial charge on any atom is 0.319 e. The number of terminal acetylenes is 1. The monoisotopic (exact) mass is 661 g/mol. The van der Waals surface area contributed by atoms with Crippen LogP contribution >= 0.6 is 0 Å². The number of hydrogen-bond donors (Lipinski definition) is 2. The number of nitrogens with one attached hydrogen (secondary N) is 1. The third-order valence-corrected chi connectivity index (χ3v) is 11.7. The van der Waals surface area contributed by atoms with Crippen molar-refractivity contribution in [3.05, 3.63) is 53.3 Å². The van der Waals surface area contributed by atoms with Gasteiger partial charge in [0, 0.05) is 66.6 Å². The number of aromatic hydroxyl groups is 1. The molecule has 0 spiro atoms. The highest BCUT2D eigenvalue weighted by molar-refractivity contribution is 6.18. The first kappa shape index (κ1) is 29.5. The van der Waals surface area contributed by atoms with Crippen LogP contribution in [0.4, 0.5) is 14.6 Å². The van der Waals surface area contributed by atoms with Gasteiger partial charge in [0.1, 0.15) is 34.2 Å². The Kier molecular flexibility index (Phi) is 6.32. The second kappa shape index (κ2) is 10.5. The number of aryl methyl sites for hydroxylation is 1. The van der Waals surface area contributed by atoms with E-state index in [2.05, 4.69) is 21.0 Å². The standard InChI is InChI=1S/C39H37F2N5O3/c1-3-27-30(40)7-4-21-12-26(47)13-28(31(21)27)32-34(41)35-33(29-10-20(2)49-36(29)32)37(46-16-24-5-6-25(17-46)42-24)44-38(43-35)48-19-39(8-9-39)18-45-14-22-11-23(22)15-45/h1,4,7,10,12-13,22-25,42,47H,5-6,8-9,11,14-19H2,2H3. The largest absolute Gasteiger partial charge is 0.508 e. The maximum atomic E-state index is 17.5. The molecule has 5 fully saturated rings. The van der Waals surface area contributed by atoms with Gasteiger partial charge in [0.05, 0.1) is 23.1 Å². The zero-order valence-electron chi connectivity index (χ0n) is 27.4. The molecule has 250 valence electrons. The summed E-state index contributed by atoms with van der Waals surface area (Å²) in [5.41, 5.74) is 0.685. The number of fused-ring (bicyclic) bond motifs is 7. The first-order valence-corrected chi connectivity index (χ1v) is 17.5. The summed E-state index contributed by atoms with van der Waals surface area (Å²) in [5.74, 6) is 3.99. The van der Waals surface area contributed by atoms with Gasteiger partial charge in [-0.05, 0) is 80.5 Å². The molecule has 4 unspecified atom stereocenters. The highest BCUT2D eigenvalue weighted by atomic mass is 19.1. The summed E-state index contributed by atoms with van der Waals surface area (Å²) in [4.78, 5) is 14.6. The second-order valence-corrected chi connectivity index (χ2v) is 15.3. The molecule has 49 heavy (non-hydrogen) atoms. The number of nitrogens with zero attached hydrogens (tertiary/aromatic N) is 4. The van der Waals surface area contributed by atoms with E-state index in [4.69, 9.17) is 25.5 Å². The summed E-state index contributed by atoms with van der Waals surface area (Å²) >= 11 is 0. The minimum absolute atomic E-state index is 0.0165. The number of rotatable bonds is 7. The van der Waals surface area contributed by atoms with Crippen molar-refractivity contribution in [3.8, 4) is 35.2 Å². The first-order chi connectivity index (χ1) is 23.8. The molecule has 2 aromatic heterocycles. The van der Waals surface area contributed by atoms with Crippen LogP contribution in [0.3, 0.4) is 0 Å². The molecule has 8 nitrogen and oxygen atoms in total. The van der Waals surface area contributed by atoms with Gasteiger partial charge in [-0.15, -0.1) is 6.42 Å². The van der Waals surface area contributed by atoms with Gasteiger partial charge < -0.3 is 29.4 Å². The highest BCUT2D eigenvalue weighted by Crippen LogP contribution is 2.51. The van der Waals surface area contributed by atoms with Crippen molar-refractivity contribution in [1.29, 1.82) is 0 Å². The van der Waals surface area contributed by atoms with E-state index in [1.54, 1.807) is 0 Å². The van der Waals surface area contributed by atoms with Gasteiger partial charge in [-0.2, -0.15) is 9.97 Å². The van der Waals surface area contributed by atoms with Crippen molar-refractivity contribution in [2.24, 2.45) is 17.3 Å². The summed E-state index contributed by atoms with van der Waals surface area (Å²) < 4.78 is 45.3. The van der Waals surface area contributed by atoms with Gasteiger partial charge in [0.2, 0.25) is 0 Å². The number of benzene rings is 3. The molecule has 5 heterocycles. The van der Waals surface area contributed by atoms with Crippen LogP contribution in [0.2, 0.25) is 0 Å². The number of piperidine rings is 1. The predicted molar refractivity (Wildman–Crippen MR) is 184 cm³/mol. The molecule has 2 bridgehead atoms. The Morgan fingerprint density at radius 1 is 1.06 bits per heavy atom. The molecule has 2 saturated carbocycles. The molecular formula is C39H37F2N5O3. The smallest absolute Gasteiger partial charge is 0.319 e. The Morgan fingerprint density at radius 3 is 2.57 bits per heavy atom. The number of hydrogen-bond acceptors (Lipinski definition) is 8. The molecule has 3 aromatic carbocycles. The minimum atomic E-state index is -0.667. The fraction of sp³-hybridized carbons (Fsp3) is 0.436. The average molecular weight is 662 g/mol. The normalized spacial score (nSPS) is 25.3. The van der Waals surface area contributed by atoms with Crippen LogP contribution in [-0.4, -0.2) is 71.4 Å². The van der Waals surface area contributed by atoms with Crippen LogP contribution < -0.4 is 15.0 Å². The Balaban J connectivity index is 1.16. The lowest BCUT2D eigenvalue weighted by Crippen LogP contribution is -2.51. The maximum absolute atomic E-state index is 17.5. The molecular weight excluding hydrogens is 624 g/mol. The van der Waals surface area contributed by atoms with Crippen LogP contribution in [0.1, 0.15) is 43.4 Å². The van der Waals surface area contributed by atoms with E-state index in [1.165, 1.54) is 43.8 Å². The van der Waals surface area contributed by atoms with Gasteiger partial charge in [0.25, 0.3) is 0 Å². The molecule has 5 aromatic rings. The number of piperazine rings is 1. The van der Waals surface area contributed by atoms with E-state index in [9.17, 15) is 5.11 Å². The van der Waals surface area contributed by atoms with Gasteiger partial charge in [-0.3, -0.25) is 0 Å². The summed E-state index contributed by atoms with van der Waals surface area (Å²) in [7, 11) is 0. The predicted octanol–water partition coefficient (Wildman–Crippen LogP) is 6.52. The lowest BCUT2D eigenvalue weighted by atomic mass is 9.91.